The van der Waals surface area contributed by atoms with Crippen molar-refractivity contribution in [2.75, 3.05) is 0 Å². The summed E-state index contributed by atoms with van der Waals surface area (Å²) in [4.78, 5) is 4.28. The molecular weight excluding hydrogens is 198 g/mol. The molecule has 1 aromatic heterocycles. The van der Waals surface area contributed by atoms with Gasteiger partial charge in [-0.3, -0.25) is 0 Å². The van der Waals surface area contributed by atoms with Crippen molar-refractivity contribution < 1.29 is 0 Å². The van der Waals surface area contributed by atoms with Crippen molar-refractivity contribution in [3.63, 3.8) is 0 Å². The molecule has 0 saturated heterocycles. The van der Waals surface area contributed by atoms with Crippen LogP contribution in [-0.2, 0) is 19.5 Å². The van der Waals surface area contributed by atoms with Gasteiger partial charge >= 0.3 is 0 Å². The Balaban J connectivity index is 2.07. The molecule has 1 aromatic carbocycles. The van der Waals surface area contributed by atoms with Crippen LogP contribution in [0, 0.1) is 6.92 Å². The van der Waals surface area contributed by atoms with Gasteiger partial charge in [0.25, 0.3) is 0 Å². The maximum atomic E-state index is 5.67. The van der Waals surface area contributed by atoms with Gasteiger partial charge in [-0.25, -0.2) is 4.98 Å². The van der Waals surface area contributed by atoms with Crippen LogP contribution in [0.4, 0.5) is 0 Å². The minimum atomic E-state index is 0.551. The molecule has 84 valence electrons. The van der Waals surface area contributed by atoms with E-state index >= 15 is 0 Å². The molecule has 2 aromatic rings. The SMILES string of the molecule is Cc1ncc(CN)n1CCc1ccccc1. The predicted octanol–water partition coefficient (Wildman–Crippen LogP) is 1.89. The Morgan fingerprint density at radius 3 is 2.69 bits per heavy atom. The number of imidazole rings is 1. The van der Waals surface area contributed by atoms with Crippen LogP contribution in [0.2, 0.25) is 0 Å². The number of benzene rings is 1. The Morgan fingerprint density at radius 2 is 2.00 bits per heavy atom. The number of rotatable bonds is 4. The second kappa shape index (κ2) is 4.94. The van der Waals surface area contributed by atoms with E-state index in [1.165, 1.54) is 5.56 Å². The molecule has 0 aliphatic heterocycles. The van der Waals surface area contributed by atoms with Crippen molar-refractivity contribution >= 4 is 0 Å². The lowest BCUT2D eigenvalue weighted by Gasteiger charge is -2.08. The molecule has 0 atom stereocenters. The van der Waals surface area contributed by atoms with E-state index in [9.17, 15) is 0 Å². The summed E-state index contributed by atoms with van der Waals surface area (Å²) in [7, 11) is 0. The van der Waals surface area contributed by atoms with Crippen LogP contribution < -0.4 is 5.73 Å². The number of hydrogen-bond acceptors (Lipinski definition) is 2. The van der Waals surface area contributed by atoms with E-state index in [0.717, 1.165) is 24.5 Å². The number of aromatic nitrogens is 2. The van der Waals surface area contributed by atoms with E-state index in [2.05, 4.69) is 33.8 Å². The highest BCUT2D eigenvalue weighted by atomic mass is 15.1. The molecule has 2 N–H and O–H groups in total. The van der Waals surface area contributed by atoms with E-state index < -0.39 is 0 Å². The van der Waals surface area contributed by atoms with Crippen LogP contribution in [-0.4, -0.2) is 9.55 Å². The van der Waals surface area contributed by atoms with Gasteiger partial charge in [0.2, 0.25) is 0 Å². The third-order valence-electron chi connectivity index (χ3n) is 2.81. The van der Waals surface area contributed by atoms with Crippen LogP contribution in [0.1, 0.15) is 17.1 Å². The van der Waals surface area contributed by atoms with Gasteiger partial charge in [0.15, 0.2) is 0 Å². The van der Waals surface area contributed by atoms with Crippen LogP contribution in [0.5, 0.6) is 0 Å². The summed E-state index contributed by atoms with van der Waals surface area (Å²) in [6.45, 7) is 3.52. The Kier molecular flexibility index (Phi) is 3.37. The van der Waals surface area contributed by atoms with Crippen LogP contribution >= 0.6 is 0 Å². The molecule has 0 spiro atoms. The van der Waals surface area contributed by atoms with Crippen molar-refractivity contribution in [1.82, 2.24) is 9.55 Å². The molecule has 3 nitrogen and oxygen atoms in total. The van der Waals surface area contributed by atoms with Crippen molar-refractivity contribution in [1.29, 1.82) is 0 Å². The molecule has 0 saturated carbocycles. The second-order valence-corrected chi connectivity index (χ2v) is 3.89. The molecule has 0 unspecified atom stereocenters. The molecule has 0 aliphatic carbocycles. The number of nitrogens with two attached hydrogens (primary N) is 1. The van der Waals surface area contributed by atoms with Crippen molar-refractivity contribution in [2.45, 2.75) is 26.4 Å². The van der Waals surface area contributed by atoms with Gasteiger partial charge in [0.05, 0.1) is 5.69 Å². The summed E-state index contributed by atoms with van der Waals surface area (Å²) in [5.74, 6) is 1.04. The zero-order chi connectivity index (χ0) is 11.4. The molecule has 0 bridgehead atoms. The van der Waals surface area contributed by atoms with Crippen molar-refractivity contribution in [3.05, 3.63) is 53.6 Å². The van der Waals surface area contributed by atoms with E-state index in [1.54, 1.807) is 0 Å². The normalized spacial score (nSPS) is 10.6. The molecule has 1 heterocycles. The summed E-state index contributed by atoms with van der Waals surface area (Å²) >= 11 is 0. The lowest BCUT2D eigenvalue weighted by molar-refractivity contribution is 0.641. The number of hydrogen-bond donors (Lipinski definition) is 1. The predicted molar refractivity (Wildman–Crippen MR) is 65.0 cm³/mol. The van der Waals surface area contributed by atoms with Gasteiger partial charge in [-0.05, 0) is 18.9 Å². The molecule has 16 heavy (non-hydrogen) atoms. The Morgan fingerprint density at radius 1 is 1.25 bits per heavy atom. The first-order chi connectivity index (χ1) is 7.81. The molecule has 3 heteroatoms. The summed E-state index contributed by atoms with van der Waals surface area (Å²) in [6.07, 6.45) is 2.88. The highest BCUT2D eigenvalue weighted by molar-refractivity contribution is 5.15. The summed E-state index contributed by atoms with van der Waals surface area (Å²) in [6, 6.07) is 10.5. The zero-order valence-electron chi connectivity index (χ0n) is 9.56. The Labute approximate surface area is 95.9 Å². The smallest absolute Gasteiger partial charge is 0.105 e. The first-order valence-electron chi connectivity index (χ1n) is 5.56. The fourth-order valence-electron chi connectivity index (χ4n) is 1.87. The third-order valence-corrected chi connectivity index (χ3v) is 2.81. The van der Waals surface area contributed by atoms with Gasteiger partial charge < -0.3 is 10.3 Å². The average molecular weight is 215 g/mol. The van der Waals surface area contributed by atoms with E-state index in [1.807, 2.05) is 19.2 Å². The van der Waals surface area contributed by atoms with E-state index in [0.29, 0.717) is 6.54 Å². The maximum absolute atomic E-state index is 5.67. The van der Waals surface area contributed by atoms with Gasteiger partial charge in [-0.1, -0.05) is 30.3 Å². The standard InChI is InChI=1S/C13H17N3/c1-11-15-10-13(9-14)16(11)8-7-12-5-3-2-4-6-12/h2-6,10H,7-9,14H2,1H3. The summed E-state index contributed by atoms with van der Waals surface area (Å²) in [5, 5.41) is 0. The second-order valence-electron chi connectivity index (χ2n) is 3.89. The molecule has 0 fully saturated rings. The lowest BCUT2D eigenvalue weighted by atomic mass is 10.1. The minimum Gasteiger partial charge on any atom is -0.331 e. The minimum absolute atomic E-state index is 0.551. The molecular formula is C13H17N3. The average Bonchev–Trinajstić information content (AvgIpc) is 2.69. The monoisotopic (exact) mass is 215 g/mol. The molecule has 0 amide bonds. The molecule has 2 rings (SSSR count). The molecule has 0 aliphatic rings. The first-order valence-corrected chi connectivity index (χ1v) is 5.56. The summed E-state index contributed by atoms with van der Waals surface area (Å²) < 4.78 is 2.19. The van der Waals surface area contributed by atoms with Gasteiger partial charge in [-0.2, -0.15) is 0 Å². The van der Waals surface area contributed by atoms with Crippen molar-refractivity contribution in [3.8, 4) is 0 Å². The van der Waals surface area contributed by atoms with Gasteiger partial charge in [0, 0.05) is 19.3 Å². The third kappa shape index (κ3) is 2.31. The topological polar surface area (TPSA) is 43.8 Å². The van der Waals surface area contributed by atoms with Gasteiger partial charge in [0.1, 0.15) is 5.82 Å². The largest absolute Gasteiger partial charge is 0.331 e. The Bertz CT molecular complexity index is 445. The fourth-order valence-corrected chi connectivity index (χ4v) is 1.87. The highest BCUT2D eigenvalue weighted by Gasteiger charge is 2.04. The van der Waals surface area contributed by atoms with Crippen LogP contribution in [0.3, 0.4) is 0 Å². The van der Waals surface area contributed by atoms with E-state index in [4.69, 9.17) is 5.73 Å². The van der Waals surface area contributed by atoms with E-state index in [-0.39, 0.29) is 0 Å². The fraction of sp³-hybridized carbons (Fsp3) is 0.308. The number of nitrogens with zero attached hydrogens (tertiary/aromatic N) is 2. The molecule has 0 radical (unpaired) electrons. The lowest BCUT2D eigenvalue weighted by Crippen LogP contribution is -2.10. The van der Waals surface area contributed by atoms with Crippen LogP contribution in [0.25, 0.3) is 0 Å². The summed E-state index contributed by atoms with van der Waals surface area (Å²) in [5.41, 5.74) is 8.12. The number of aryl methyl sites for hydroxylation is 2. The first kappa shape index (κ1) is 10.9. The Hall–Kier alpha value is -1.61. The maximum Gasteiger partial charge on any atom is 0.105 e. The van der Waals surface area contributed by atoms with Crippen molar-refractivity contribution in [2.24, 2.45) is 5.73 Å². The van der Waals surface area contributed by atoms with Gasteiger partial charge in [-0.15, -0.1) is 0 Å². The highest BCUT2D eigenvalue weighted by Crippen LogP contribution is 2.07. The quantitative estimate of drug-likeness (QED) is 0.846. The van der Waals surface area contributed by atoms with Crippen LogP contribution in [0.15, 0.2) is 36.5 Å². The zero-order valence-corrected chi connectivity index (χ0v) is 9.56.